The van der Waals surface area contributed by atoms with Gasteiger partial charge in [-0.3, -0.25) is 9.36 Å². The van der Waals surface area contributed by atoms with Gasteiger partial charge in [0.2, 0.25) is 0 Å². The van der Waals surface area contributed by atoms with E-state index in [0.29, 0.717) is 22.9 Å². The first-order valence-electron chi connectivity index (χ1n) is 9.06. The molecule has 3 aromatic carbocycles. The van der Waals surface area contributed by atoms with E-state index in [9.17, 15) is 13.6 Å². The molecule has 0 atom stereocenters. The van der Waals surface area contributed by atoms with Gasteiger partial charge in [0.05, 0.1) is 23.8 Å². The summed E-state index contributed by atoms with van der Waals surface area (Å²) >= 11 is 0. The second-order valence-corrected chi connectivity index (χ2v) is 6.62. The van der Waals surface area contributed by atoms with Crippen LogP contribution in [0.2, 0.25) is 0 Å². The van der Waals surface area contributed by atoms with Crippen molar-refractivity contribution in [2.75, 3.05) is 0 Å². The molecule has 4 rings (SSSR count). The van der Waals surface area contributed by atoms with Crippen LogP contribution in [-0.4, -0.2) is 9.55 Å². The minimum Gasteiger partial charge on any atom is -0.294 e. The average Bonchev–Trinajstić information content (AvgIpc) is 2.74. The van der Waals surface area contributed by atoms with Crippen LogP contribution in [0.15, 0.2) is 77.9 Å². The van der Waals surface area contributed by atoms with Crippen LogP contribution in [0.5, 0.6) is 0 Å². The highest BCUT2D eigenvalue weighted by Gasteiger charge is 2.08. The maximum Gasteiger partial charge on any atom is 0.261 e. The lowest BCUT2D eigenvalue weighted by molar-refractivity contribution is 0.506. The third kappa shape index (κ3) is 4.22. The molecule has 4 aromatic rings. The molecule has 0 unspecified atom stereocenters. The number of fused-ring (bicyclic) bond motifs is 1. The van der Waals surface area contributed by atoms with Gasteiger partial charge >= 0.3 is 0 Å². The first kappa shape index (κ1) is 18.6. The lowest BCUT2D eigenvalue weighted by Crippen LogP contribution is -2.21. The molecule has 0 N–H and O–H groups in total. The molecular weight excluding hydrogens is 370 g/mol. The smallest absolute Gasteiger partial charge is 0.261 e. The predicted molar refractivity (Wildman–Crippen MR) is 108 cm³/mol. The van der Waals surface area contributed by atoms with Gasteiger partial charge < -0.3 is 0 Å². The molecule has 0 fully saturated rings. The SMILES string of the molecule is O=c1c2cc(C#CCc3ccccc3)ccc2ncn1Cc1ccc(F)c(F)c1. The summed E-state index contributed by atoms with van der Waals surface area (Å²) in [6, 6.07) is 18.8. The van der Waals surface area contributed by atoms with E-state index in [1.165, 1.54) is 17.0 Å². The Morgan fingerprint density at radius 2 is 1.72 bits per heavy atom. The van der Waals surface area contributed by atoms with Gasteiger partial charge in [-0.2, -0.15) is 0 Å². The molecule has 142 valence electrons. The number of rotatable bonds is 3. The lowest BCUT2D eigenvalue weighted by Gasteiger charge is -2.07. The fourth-order valence-electron chi connectivity index (χ4n) is 3.03. The highest BCUT2D eigenvalue weighted by atomic mass is 19.2. The summed E-state index contributed by atoms with van der Waals surface area (Å²) in [7, 11) is 0. The average molecular weight is 386 g/mol. The number of nitrogens with zero attached hydrogens (tertiary/aromatic N) is 2. The van der Waals surface area contributed by atoms with Crippen molar-refractivity contribution in [1.82, 2.24) is 9.55 Å². The van der Waals surface area contributed by atoms with Gasteiger partial charge in [0.1, 0.15) is 0 Å². The van der Waals surface area contributed by atoms with Crippen LogP contribution >= 0.6 is 0 Å². The van der Waals surface area contributed by atoms with Crippen LogP contribution in [0.1, 0.15) is 16.7 Å². The van der Waals surface area contributed by atoms with Crippen molar-refractivity contribution in [3.05, 3.63) is 112 Å². The van der Waals surface area contributed by atoms with Crippen molar-refractivity contribution < 1.29 is 8.78 Å². The van der Waals surface area contributed by atoms with E-state index in [4.69, 9.17) is 0 Å². The molecule has 3 nitrogen and oxygen atoms in total. The Morgan fingerprint density at radius 3 is 2.52 bits per heavy atom. The van der Waals surface area contributed by atoms with E-state index in [2.05, 4.69) is 16.8 Å². The summed E-state index contributed by atoms with van der Waals surface area (Å²) in [6.45, 7) is 0.100. The predicted octanol–water partition coefficient (Wildman–Crippen LogP) is 4.32. The van der Waals surface area contributed by atoms with E-state index in [1.54, 1.807) is 12.1 Å². The van der Waals surface area contributed by atoms with Crippen molar-refractivity contribution in [1.29, 1.82) is 0 Å². The Balaban J connectivity index is 1.63. The van der Waals surface area contributed by atoms with E-state index in [1.807, 2.05) is 36.4 Å². The van der Waals surface area contributed by atoms with Gasteiger partial charge in [0.25, 0.3) is 5.56 Å². The van der Waals surface area contributed by atoms with Crippen molar-refractivity contribution in [2.45, 2.75) is 13.0 Å². The zero-order valence-corrected chi connectivity index (χ0v) is 15.4. The van der Waals surface area contributed by atoms with Crippen molar-refractivity contribution in [3.63, 3.8) is 0 Å². The normalized spacial score (nSPS) is 10.6. The second kappa shape index (κ2) is 8.07. The van der Waals surface area contributed by atoms with E-state index < -0.39 is 11.6 Å². The molecule has 0 aliphatic rings. The van der Waals surface area contributed by atoms with Crippen molar-refractivity contribution in [3.8, 4) is 11.8 Å². The Labute approximate surface area is 166 Å². The summed E-state index contributed by atoms with van der Waals surface area (Å²) in [4.78, 5) is 17.1. The highest BCUT2D eigenvalue weighted by molar-refractivity contribution is 5.79. The molecular formula is C24H16F2N2O. The van der Waals surface area contributed by atoms with Gasteiger partial charge in [0, 0.05) is 12.0 Å². The van der Waals surface area contributed by atoms with Gasteiger partial charge in [-0.1, -0.05) is 48.2 Å². The van der Waals surface area contributed by atoms with Crippen LogP contribution < -0.4 is 5.56 Å². The largest absolute Gasteiger partial charge is 0.294 e. The summed E-state index contributed by atoms with van der Waals surface area (Å²) in [5.74, 6) is 4.33. The fraction of sp³-hybridized carbons (Fsp3) is 0.0833. The Hall–Kier alpha value is -3.78. The third-order valence-electron chi connectivity index (χ3n) is 4.53. The fourth-order valence-corrected chi connectivity index (χ4v) is 3.03. The zero-order valence-electron chi connectivity index (χ0n) is 15.4. The minimum absolute atomic E-state index is 0.100. The quantitative estimate of drug-likeness (QED) is 0.492. The Kier molecular flexibility index (Phi) is 5.17. The van der Waals surface area contributed by atoms with Gasteiger partial charge in [-0.15, -0.1) is 0 Å². The van der Waals surface area contributed by atoms with Crippen LogP contribution in [0.3, 0.4) is 0 Å². The summed E-state index contributed by atoms with van der Waals surface area (Å²) in [5.41, 5.74) is 2.62. The number of hydrogen-bond acceptors (Lipinski definition) is 2. The molecule has 0 saturated carbocycles. The molecule has 1 heterocycles. The van der Waals surface area contributed by atoms with Crippen LogP contribution in [0.4, 0.5) is 8.78 Å². The number of hydrogen-bond donors (Lipinski definition) is 0. The maximum absolute atomic E-state index is 13.4. The molecule has 1 aromatic heterocycles. The molecule has 0 aliphatic carbocycles. The van der Waals surface area contributed by atoms with Gasteiger partial charge in [0.15, 0.2) is 11.6 Å². The van der Waals surface area contributed by atoms with E-state index in [-0.39, 0.29) is 12.1 Å². The summed E-state index contributed by atoms with van der Waals surface area (Å²) < 4.78 is 27.9. The van der Waals surface area contributed by atoms with Crippen LogP contribution in [0.25, 0.3) is 10.9 Å². The standard InChI is InChI=1S/C24H16F2N2O/c25-21-11-9-19(14-22(21)26)15-28-16-27-23-12-10-18(13-20(23)24(28)29)8-4-7-17-5-2-1-3-6-17/h1-3,5-6,9-14,16H,7,15H2. The lowest BCUT2D eigenvalue weighted by atomic mass is 10.1. The number of aromatic nitrogens is 2. The second-order valence-electron chi connectivity index (χ2n) is 6.62. The third-order valence-corrected chi connectivity index (χ3v) is 4.53. The molecule has 0 amide bonds. The van der Waals surface area contributed by atoms with Gasteiger partial charge in [-0.05, 0) is 41.5 Å². The summed E-state index contributed by atoms with van der Waals surface area (Å²) in [5, 5.41) is 0.432. The maximum atomic E-state index is 13.4. The van der Waals surface area contributed by atoms with Crippen molar-refractivity contribution >= 4 is 10.9 Å². The molecule has 0 aliphatic heterocycles. The van der Waals surface area contributed by atoms with Crippen molar-refractivity contribution in [2.24, 2.45) is 0 Å². The van der Waals surface area contributed by atoms with E-state index >= 15 is 0 Å². The van der Waals surface area contributed by atoms with Crippen LogP contribution in [-0.2, 0) is 13.0 Å². The minimum atomic E-state index is -0.944. The molecule has 0 saturated heterocycles. The zero-order chi connectivity index (χ0) is 20.2. The van der Waals surface area contributed by atoms with Gasteiger partial charge in [-0.25, -0.2) is 13.8 Å². The molecule has 29 heavy (non-hydrogen) atoms. The topological polar surface area (TPSA) is 34.9 Å². The van der Waals surface area contributed by atoms with E-state index in [0.717, 1.165) is 23.3 Å². The first-order valence-corrected chi connectivity index (χ1v) is 9.06. The molecule has 5 heteroatoms. The van der Waals surface area contributed by atoms with Crippen LogP contribution in [0, 0.1) is 23.5 Å². The Bertz CT molecular complexity index is 1300. The molecule has 0 bridgehead atoms. The number of halogens is 2. The monoisotopic (exact) mass is 386 g/mol. The molecule has 0 spiro atoms. The molecule has 0 radical (unpaired) electrons. The number of benzene rings is 3. The highest BCUT2D eigenvalue weighted by Crippen LogP contribution is 2.12. The Morgan fingerprint density at radius 1 is 0.897 bits per heavy atom. The summed E-state index contributed by atoms with van der Waals surface area (Å²) in [6.07, 6.45) is 2.03. The first-order chi connectivity index (χ1) is 14.1.